The van der Waals surface area contributed by atoms with Gasteiger partial charge in [0, 0.05) is 18.3 Å². The predicted octanol–water partition coefficient (Wildman–Crippen LogP) is 1.10. The maximum absolute atomic E-state index is 10.9. The summed E-state index contributed by atoms with van der Waals surface area (Å²) in [5.41, 5.74) is -0.678. The third-order valence-corrected chi connectivity index (χ3v) is 2.54. The third kappa shape index (κ3) is 5.48. The normalized spacial score (nSPS) is 10.7. The number of hydrogen-bond donors (Lipinski definition) is 0. The molecule has 0 aromatic carbocycles. The van der Waals surface area contributed by atoms with E-state index in [1.807, 2.05) is 0 Å². The average molecular weight is 230 g/mol. The number of carbonyl (C=O) groups is 3. The first-order chi connectivity index (χ1) is 7.47. The maximum atomic E-state index is 10.9. The zero-order chi connectivity index (χ0) is 12.6. The molecule has 0 saturated carbocycles. The molecule has 0 atom stereocenters. The summed E-state index contributed by atoms with van der Waals surface area (Å²) in [6.07, 6.45) is 1.87. The van der Waals surface area contributed by atoms with Crippen molar-refractivity contribution < 1.29 is 23.9 Å². The van der Waals surface area contributed by atoms with Crippen LogP contribution in [0.4, 0.5) is 0 Å². The van der Waals surface area contributed by atoms with Gasteiger partial charge in [0.15, 0.2) is 0 Å². The molecule has 0 rings (SSSR count). The van der Waals surface area contributed by atoms with Crippen LogP contribution in [0.15, 0.2) is 0 Å². The molecule has 0 heterocycles. The quantitative estimate of drug-likeness (QED) is 0.484. The van der Waals surface area contributed by atoms with Crippen LogP contribution in [0, 0.1) is 5.41 Å². The minimum atomic E-state index is -0.678. The Morgan fingerprint density at radius 2 is 1.44 bits per heavy atom. The van der Waals surface area contributed by atoms with Gasteiger partial charge in [0.1, 0.15) is 6.29 Å². The predicted molar refractivity (Wildman–Crippen MR) is 56.7 cm³/mol. The molecule has 0 saturated heterocycles. The lowest BCUT2D eigenvalue weighted by molar-refractivity contribution is -0.141. The van der Waals surface area contributed by atoms with Gasteiger partial charge < -0.3 is 14.3 Å². The molecule has 0 aliphatic heterocycles. The highest BCUT2D eigenvalue weighted by molar-refractivity contribution is 5.72. The number of hydrogen-bond acceptors (Lipinski definition) is 5. The molecule has 0 spiro atoms. The van der Waals surface area contributed by atoms with Crippen LogP contribution in [0.3, 0.4) is 0 Å². The van der Waals surface area contributed by atoms with Crippen molar-refractivity contribution in [3.05, 3.63) is 0 Å². The van der Waals surface area contributed by atoms with Crippen LogP contribution < -0.4 is 0 Å². The summed E-state index contributed by atoms with van der Waals surface area (Å²) < 4.78 is 8.98. The number of carbonyl (C=O) groups excluding carboxylic acids is 3. The minimum absolute atomic E-state index is 0.174. The first-order valence-corrected chi connectivity index (χ1v) is 5.07. The van der Waals surface area contributed by atoms with Crippen molar-refractivity contribution in [3.8, 4) is 0 Å². The summed E-state index contributed by atoms with van der Waals surface area (Å²) >= 11 is 0. The van der Waals surface area contributed by atoms with E-state index in [2.05, 4.69) is 9.47 Å². The van der Waals surface area contributed by atoms with Gasteiger partial charge in [-0.05, 0) is 12.8 Å². The lowest BCUT2D eigenvalue weighted by Gasteiger charge is -2.21. The van der Waals surface area contributed by atoms with E-state index in [0.717, 1.165) is 6.29 Å². The topological polar surface area (TPSA) is 69.7 Å². The van der Waals surface area contributed by atoms with Crippen molar-refractivity contribution in [2.75, 3.05) is 14.2 Å². The average Bonchev–Trinajstić information content (AvgIpc) is 2.32. The smallest absolute Gasteiger partial charge is 0.305 e. The molecule has 5 heteroatoms. The second-order valence-corrected chi connectivity index (χ2v) is 3.92. The number of aldehydes is 1. The summed E-state index contributed by atoms with van der Waals surface area (Å²) in [7, 11) is 2.60. The van der Waals surface area contributed by atoms with E-state index in [9.17, 15) is 14.4 Å². The first-order valence-electron chi connectivity index (χ1n) is 5.07. The van der Waals surface area contributed by atoms with E-state index in [1.165, 1.54) is 14.2 Å². The van der Waals surface area contributed by atoms with Crippen molar-refractivity contribution >= 4 is 18.2 Å². The molecule has 0 aromatic heterocycles. The van der Waals surface area contributed by atoms with Crippen LogP contribution >= 0.6 is 0 Å². The van der Waals surface area contributed by atoms with Gasteiger partial charge in [0.2, 0.25) is 0 Å². The summed E-state index contributed by atoms with van der Waals surface area (Å²) in [6, 6.07) is 0. The Morgan fingerprint density at radius 1 is 1.06 bits per heavy atom. The number of esters is 2. The highest BCUT2D eigenvalue weighted by atomic mass is 16.5. The molecule has 92 valence electrons. The van der Waals surface area contributed by atoms with Crippen molar-refractivity contribution in [1.29, 1.82) is 0 Å². The van der Waals surface area contributed by atoms with Gasteiger partial charge in [-0.15, -0.1) is 0 Å². The molecule has 0 bridgehead atoms. The Kier molecular flexibility index (Phi) is 6.37. The summed E-state index contributed by atoms with van der Waals surface area (Å²) in [5.74, 6) is -0.711. The molecular formula is C11H18O5. The molecule has 0 aliphatic carbocycles. The highest BCUT2D eigenvalue weighted by Gasteiger charge is 2.25. The van der Waals surface area contributed by atoms with Crippen molar-refractivity contribution in [1.82, 2.24) is 0 Å². The van der Waals surface area contributed by atoms with Crippen LogP contribution in [0.1, 0.15) is 32.6 Å². The molecule has 0 fully saturated rings. The van der Waals surface area contributed by atoms with Gasteiger partial charge in [0.25, 0.3) is 0 Å². The van der Waals surface area contributed by atoms with Gasteiger partial charge in [-0.2, -0.15) is 0 Å². The van der Waals surface area contributed by atoms with E-state index < -0.39 is 5.41 Å². The monoisotopic (exact) mass is 230 g/mol. The third-order valence-electron chi connectivity index (χ3n) is 2.54. The molecule has 0 amide bonds. The summed E-state index contributed by atoms with van der Waals surface area (Å²) in [6.45, 7) is 1.71. The lowest BCUT2D eigenvalue weighted by atomic mass is 9.82. The molecule has 0 unspecified atom stereocenters. The van der Waals surface area contributed by atoms with Gasteiger partial charge >= 0.3 is 11.9 Å². The molecule has 0 aromatic rings. The van der Waals surface area contributed by atoms with Crippen LogP contribution in [0.2, 0.25) is 0 Å². The van der Waals surface area contributed by atoms with Crippen LogP contribution in [0.5, 0.6) is 0 Å². The number of rotatable bonds is 7. The highest BCUT2D eigenvalue weighted by Crippen LogP contribution is 2.27. The van der Waals surface area contributed by atoms with Crippen molar-refractivity contribution in [2.45, 2.75) is 32.6 Å². The second kappa shape index (κ2) is 6.98. The van der Waals surface area contributed by atoms with E-state index in [1.54, 1.807) is 6.92 Å². The summed E-state index contributed by atoms with van der Waals surface area (Å²) in [4.78, 5) is 32.8. The van der Waals surface area contributed by atoms with E-state index in [-0.39, 0.29) is 24.8 Å². The van der Waals surface area contributed by atoms with Gasteiger partial charge in [-0.25, -0.2) is 0 Å². The number of methoxy groups -OCH3 is 2. The Balaban J connectivity index is 4.14. The lowest BCUT2D eigenvalue weighted by Crippen LogP contribution is -2.21. The fraction of sp³-hybridized carbons (Fsp3) is 0.727. The molecular weight excluding hydrogens is 212 g/mol. The van der Waals surface area contributed by atoms with Crippen LogP contribution in [-0.2, 0) is 23.9 Å². The molecule has 5 nitrogen and oxygen atoms in total. The van der Waals surface area contributed by atoms with Gasteiger partial charge in [0.05, 0.1) is 14.2 Å². The van der Waals surface area contributed by atoms with Gasteiger partial charge in [-0.3, -0.25) is 9.59 Å². The van der Waals surface area contributed by atoms with Crippen LogP contribution in [-0.4, -0.2) is 32.4 Å². The molecule has 0 aliphatic rings. The largest absolute Gasteiger partial charge is 0.469 e. The molecule has 0 N–H and O–H groups in total. The van der Waals surface area contributed by atoms with Crippen molar-refractivity contribution in [3.63, 3.8) is 0 Å². The Bertz CT molecular complexity index is 239. The number of ether oxygens (including phenoxy) is 2. The SMILES string of the molecule is COC(=O)CCC(C)(C=O)CCC(=O)OC. The fourth-order valence-electron chi connectivity index (χ4n) is 1.22. The minimum Gasteiger partial charge on any atom is -0.469 e. The van der Waals surface area contributed by atoms with E-state index >= 15 is 0 Å². The standard InChI is InChI=1S/C11H18O5/c1-11(8-12,6-4-9(13)15-2)7-5-10(14)16-3/h8H,4-7H2,1-3H3. The van der Waals surface area contributed by atoms with Crippen molar-refractivity contribution in [2.24, 2.45) is 5.41 Å². The Labute approximate surface area is 95.1 Å². The van der Waals surface area contributed by atoms with E-state index in [4.69, 9.17) is 0 Å². The fourth-order valence-corrected chi connectivity index (χ4v) is 1.22. The molecule has 0 radical (unpaired) electrons. The van der Waals surface area contributed by atoms with E-state index in [0.29, 0.717) is 12.8 Å². The Hall–Kier alpha value is -1.39. The van der Waals surface area contributed by atoms with Gasteiger partial charge in [-0.1, -0.05) is 6.92 Å². The molecule has 16 heavy (non-hydrogen) atoms. The zero-order valence-electron chi connectivity index (χ0n) is 9.95. The summed E-state index contributed by atoms with van der Waals surface area (Å²) in [5, 5.41) is 0. The zero-order valence-corrected chi connectivity index (χ0v) is 9.95. The second-order valence-electron chi connectivity index (χ2n) is 3.92. The Morgan fingerprint density at radius 3 is 1.69 bits per heavy atom. The maximum Gasteiger partial charge on any atom is 0.305 e. The first kappa shape index (κ1) is 14.6. The van der Waals surface area contributed by atoms with Crippen LogP contribution in [0.25, 0.3) is 0 Å².